The van der Waals surface area contributed by atoms with Crippen LogP contribution in [0.1, 0.15) is 6.92 Å². The molecule has 2 aliphatic heterocycles. The molecule has 3 amide bonds. The Bertz CT molecular complexity index is 777. The third-order valence-corrected chi connectivity index (χ3v) is 5.49. The minimum atomic E-state index is -0.553. The minimum Gasteiger partial charge on any atom is -0.442 e. The summed E-state index contributed by atoms with van der Waals surface area (Å²) in [6.07, 6.45) is -0.295. The molecule has 27 heavy (non-hydrogen) atoms. The van der Waals surface area contributed by atoms with E-state index in [1.165, 1.54) is 17.9 Å². The highest BCUT2D eigenvalue weighted by Crippen LogP contribution is 2.47. The molecule has 3 fully saturated rings. The van der Waals surface area contributed by atoms with Crippen molar-refractivity contribution in [2.24, 2.45) is 11.8 Å². The highest BCUT2D eigenvalue weighted by Gasteiger charge is 2.56. The summed E-state index contributed by atoms with van der Waals surface area (Å²) in [5.74, 6) is 0.149. The number of piperidine rings is 1. The normalized spacial score (nSPS) is 28.6. The number of benzene rings is 1. The fourth-order valence-electron chi connectivity index (χ4n) is 4.07. The lowest BCUT2D eigenvalue weighted by Gasteiger charge is -2.23. The van der Waals surface area contributed by atoms with Crippen LogP contribution in [-0.4, -0.2) is 56.7 Å². The van der Waals surface area contributed by atoms with Gasteiger partial charge in [-0.3, -0.25) is 14.5 Å². The molecule has 1 aromatic carbocycles. The molecule has 3 aliphatic rings. The van der Waals surface area contributed by atoms with Crippen LogP contribution >= 0.6 is 0 Å². The molecule has 2 N–H and O–H groups in total. The zero-order chi connectivity index (χ0) is 19.1. The largest absolute Gasteiger partial charge is 0.442 e. The maximum absolute atomic E-state index is 14.7. The Kier molecular flexibility index (Phi) is 4.37. The highest BCUT2D eigenvalue weighted by molar-refractivity contribution is 5.90. The average molecular weight is 376 g/mol. The standard InChI is InChI=1S/C18H21FN4O4/c1-10(25)20-5-12-6-23(18(26)27-12)11-2-3-16(15(19)4-11)22-7-13-14(8-22)17(13)21-9-24/h2-4,9,12-14,17H,5-8H2,1H3,(H,20,25)(H,21,24)/t12-,13-,14+,17?/m0/s1. The second-order valence-corrected chi connectivity index (χ2v) is 7.23. The summed E-state index contributed by atoms with van der Waals surface area (Å²) < 4.78 is 19.9. The van der Waals surface area contributed by atoms with Crippen LogP contribution in [0.5, 0.6) is 0 Å². The lowest BCUT2D eigenvalue weighted by Crippen LogP contribution is -2.33. The molecule has 144 valence electrons. The van der Waals surface area contributed by atoms with Crippen molar-refractivity contribution >= 4 is 29.8 Å². The van der Waals surface area contributed by atoms with Gasteiger partial charge in [0.25, 0.3) is 0 Å². The van der Waals surface area contributed by atoms with E-state index in [0.717, 1.165) is 6.41 Å². The Morgan fingerprint density at radius 2 is 2.07 bits per heavy atom. The van der Waals surface area contributed by atoms with Gasteiger partial charge in [-0.05, 0) is 18.2 Å². The van der Waals surface area contributed by atoms with E-state index in [4.69, 9.17) is 4.74 Å². The first kappa shape index (κ1) is 17.6. The van der Waals surface area contributed by atoms with Gasteiger partial charge in [0, 0.05) is 37.9 Å². The smallest absolute Gasteiger partial charge is 0.414 e. The zero-order valence-corrected chi connectivity index (χ0v) is 14.9. The molecule has 0 radical (unpaired) electrons. The zero-order valence-electron chi connectivity index (χ0n) is 14.9. The van der Waals surface area contributed by atoms with Gasteiger partial charge in [0.05, 0.1) is 24.5 Å². The maximum Gasteiger partial charge on any atom is 0.414 e. The van der Waals surface area contributed by atoms with Gasteiger partial charge in [-0.1, -0.05) is 0 Å². The van der Waals surface area contributed by atoms with Crippen molar-refractivity contribution in [2.75, 3.05) is 36.0 Å². The second-order valence-electron chi connectivity index (χ2n) is 7.23. The lowest BCUT2D eigenvalue weighted by atomic mass is 10.2. The number of halogens is 1. The number of fused-ring (bicyclic) bond motifs is 1. The number of hydrogen-bond acceptors (Lipinski definition) is 5. The van der Waals surface area contributed by atoms with Gasteiger partial charge in [-0.15, -0.1) is 0 Å². The van der Waals surface area contributed by atoms with E-state index in [1.807, 2.05) is 4.90 Å². The number of hydrogen-bond donors (Lipinski definition) is 2. The summed E-state index contributed by atoms with van der Waals surface area (Å²) >= 11 is 0. The van der Waals surface area contributed by atoms with Crippen LogP contribution in [0.15, 0.2) is 18.2 Å². The van der Waals surface area contributed by atoms with Gasteiger partial charge in [-0.2, -0.15) is 0 Å². The van der Waals surface area contributed by atoms with E-state index in [2.05, 4.69) is 10.6 Å². The molecule has 4 rings (SSSR count). The monoisotopic (exact) mass is 376 g/mol. The fraction of sp³-hybridized carbons (Fsp3) is 0.500. The van der Waals surface area contributed by atoms with Crippen LogP contribution < -0.4 is 20.4 Å². The summed E-state index contributed by atoms with van der Waals surface area (Å²) in [5, 5.41) is 5.40. The van der Waals surface area contributed by atoms with Crippen molar-refractivity contribution in [1.29, 1.82) is 0 Å². The molecule has 2 heterocycles. The minimum absolute atomic E-state index is 0.200. The van der Waals surface area contributed by atoms with E-state index < -0.39 is 18.0 Å². The number of anilines is 2. The Hall–Kier alpha value is -2.84. The first-order valence-electron chi connectivity index (χ1n) is 8.94. The molecule has 2 saturated heterocycles. The summed E-state index contributed by atoms with van der Waals surface area (Å²) in [7, 11) is 0. The highest BCUT2D eigenvalue weighted by atomic mass is 19.1. The van der Waals surface area contributed by atoms with Crippen molar-refractivity contribution in [3.8, 4) is 0 Å². The quantitative estimate of drug-likeness (QED) is 0.705. The number of carbonyl (C=O) groups excluding carboxylic acids is 3. The second kappa shape index (κ2) is 6.71. The van der Waals surface area contributed by atoms with Gasteiger partial charge < -0.3 is 20.3 Å². The number of nitrogens with zero attached hydrogens (tertiary/aromatic N) is 2. The summed E-state index contributed by atoms with van der Waals surface area (Å²) in [6, 6.07) is 4.92. The van der Waals surface area contributed by atoms with E-state index in [-0.39, 0.29) is 25.0 Å². The molecule has 0 spiro atoms. The molecule has 1 aromatic rings. The molecular formula is C18H21FN4O4. The number of cyclic esters (lactones) is 1. The van der Waals surface area contributed by atoms with Crippen molar-refractivity contribution < 1.29 is 23.5 Å². The molecule has 1 unspecified atom stereocenters. The molecule has 1 saturated carbocycles. The summed E-state index contributed by atoms with van der Waals surface area (Å²) in [4.78, 5) is 36.9. The van der Waals surface area contributed by atoms with E-state index in [9.17, 15) is 18.8 Å². The Morgan fingerprint density at radius 3 is 2.70 bits per heavy atom. The predicted octanol–water partition coefficient (Wildman–Crippen LogP) is 0.468. The van der Waals surface area contributed by atoms with E-state index in [0.29, 0.717) is 36.3 Å². The molecular weight excluding hydrogens is 355 g/mol. The third kappa shape index (κ3) is 3.29. The summed E-state index contributed by atoms with van der Waals surface area (Å²) in [6.45, 7) is 3.28. The van der Waals surface area contributed by atoms with Crippen molar-refractivity contribution in [2.45, 2.75) is 19.1 Å². The van der Waals surface area contributed by atoms with Crippen LogP contribution in [0.3, 0.4) is 0 Å². The van der Waals surface area contributed by atoms with Gasteiger partial charge in [0.15, 0.2) is 0 Å². The van der Waals surface area contributed by atoms with Gasteiger partial charge in [-0.25, -0.2) is 9.18 Å². The average Bonchev–Trinajstić information content (AvgIpc) is 2.98. The number of carbonyl (C=O) groups is 3. The van der Waals surface area contributed by atoms with Crippen LogP contribution in [0.25, 0.3) is 0 Å². The Balaban J connectivity index is 1.40. The summed E-state index contributed by atoms with van der Waals surface area (Å²) in [5.41, 5.74) is 0.926. The maximum atomic E-state index is 14.7. The van der Waals surface area contributed by atoms with Crippen LogP contribution in [0.2, 0.25) is 0 Å². The first-order valence-corrected chi connectivity index (χ1v) is 8.94. The van der Waals surface area contributed by atoms with Gasteiger partial charge in [0.1, 0.15) is 11.9 Å². The number of ether oxygens (including phenoxy) is 1. The SMILES string of the molecule is CC(=O)NC[C@H]1CN(c2ccc(N3C[C@@H]4C(NC=O)[C@@H]4C3)c(F)c2)C(=O)O1. The fourth-order valence-corrected chi connectivity index (χ4v) is 4.07. The number of amides is 3. The lowest BCUT2D eigenvalue weighted by molar-refractivity contribution is -0.119. The molecule has 1 aliphatic carbocycles. The van der Waals surface area contributed by atoms with E-state index in [1.54, 1.807) is 12.1 Å². The van der Waals surface area contributed by atoms with E-state index >= 15 is 0 Å². The predicted molar refractivity (Wildman–Crippen MR) is 94.9 cm³/mol. The van der Waals surface area contributed by atoms with Crippen LogP contribution in [0.4, 0.5) is 20.6 Å². The van der Waals surface area contributed by atoms with Gasteiger partial charge >= 0.3 is 6.09 Å². The molecule has 0 aromatic heterocycles. The van der Waals surface area contributed by atoms with Crippen LogP contribution in [0, 0.1) is 17.7 Å². The van der Waals surface area contributed by atoms with Gasteiger partial charge in [0.2, 0.25) is 12.3 Å². The Morgan fingerprint density at radius 1 is 1.33 bits per heavy atom. The van der Waals surface area contributed by atoms with Crippen molar-refractivity contribution in [1.82, 2.24) is 10.6 Å². The van der Waals surface area contributed by atoms with Crippen LogP contribution in [-0.2, 0) is 14.3 Å². The topological polar surface area (TPSA) is 91.0 Å². The molecule has 8 nitrogen and oxygen atoms in total. The molecule has 4 atom stereocenters. The first-order chi connectivity index (χ1) is 13.0. The molecule has 9 heteroatoms. The van der Waals surface area contributed by atoms with Crippen molar-refractivity contribution in [3.63, 3.8) is 0 Å². The number of rotatable bonds is 6. The molecule has 0 bridgehead atoms. The third-order valence-electron chi connectivity index (χ3n) is 5.49. The Labute approximate surface area is 155 Å². The van der Waals surface area contributed by atoms with Crippen molar-refractivity contribution in [3.05, 3.63) is 24.0 Å². The number of nitrogens with one attached hydrogen (secondary N) is 2.